The first kappa shape index (κ1) is 21.8. The van der Waals surface area contributed by atoms with Crippen molar-refractivity contribution < 1.29 is 0 Å². The van der Waals surface area contributed by atoms with E-state index in [1.807, 2.05) is 22.5 Å². The molecule has 1 heteroatoms. The third-order valence-corrected chi connectivity index (χ3v) is 6.89. The Hall–Kier alpha value is 0.799. The Morgan fingerprint density at radius 3 is 1.24 bits per heavy atom. The van der Waals surface area contributed by atoms with Crippen LogP contribution in [0.15, 0.2) is 0 Å². The minimum absolute atomic E-state index is 0.733. The van der Waals surface area contributed by atoms with Crippen LogP contribution in [-0.4, -0.2) is 22.5 Å². The van der Waals surface area contributed by atoms with Crippen molar-refractivity contribution in [2.24, 2.45) is 0 Å². The molecule has 125 valence electrons. The molecular formula is C20H41Sn. The Morgan fingerprint density at radius 2 is 0.857 bits per heavy atom. The van der Waals surface area contributed by atoms with Gasteiger partial charge >= 0.3 is 149 Å². The molecule has 0 fully saturated rings. The van der Waals surface area contributed by atoms with Gasteiger partial charge < -0.3 is 0 Å². The molecule has 0 aliphatic carbocycles. The molecule has 0 atom stereocenters. The summed E-state index contributed by atoms with van der Waals surface area (Å²) >= 11 is 1.82. The summed E-state index contributed by atoms with van der Waals surface area (Å²) in [5.41, 5.74) is 0. The topological polar surface area (TPSA) is 0 Å². The molecule has 0 heterocycles. The van der Waals surface area contributed by atoms with Crippen LogP contribution in [0.2, 0.25) is 3.43 Å². The summed E-state index contributed by atoms with van der Waals surface area (Å²) < 4.78 is 0.733. The zero-order chi connectivity index (χ0) is 15.8. The SMILES string of the molecule is CCCCCCCC[C]([Sn])(CCC)CCCCCCCC. The molecule has 0 aromatic rings. The van der Waals surface area contributed by atoms with E-state index in [1.54, 1.807) is 0 Å². The van der Waals surface area contributed by atoms with Crippen molar-refractivity contribution in [1.82, 2.24) is 0 Å². The maximum atomic E-state index is 2.38. The fourth-order valence-corrected chi connectivity index (χ4v) is 5.06. The van der Waals surface area contributed by atoms with Crippen LogP contribution in [-0.2, 0) is 0 Å². The number of hydrogen-bond acceptors (Lipinski definition) is 0. The standard InChI is InChI=1S/C20H41.Sn/c1-4-7-9-11-13-15-18-20(17-6-3)19-16-14-12-10-8-5-2;/h4-19H2,1-3H3;. The van der Waals surface area contributed by atoms with Crippen LogP contribution in [0.1, 0.15) is 124 Å². The van der Waals surface area contributed by atoms with Crippen molar-refractivity contribution >= 4 is 22.5 Å². The van der Waals surface area contributed by atoms with Gasteiger partial charge in [0.25, 0.3) is 0 Å². The molecule has 21 heavy (non-hydrogen) atoms. The van der Waals surface area contributed by atoms with Gasteiger partial charge in [-0.1, -0.05) is 0 Å². The Bertz CT molecular complexity index is 184. The summed E-state index contributed by atoms with van der Waals surface area (Å²) in [6.45, 7) is 6.99. The van der Waals surface area contributed by atoms with Crippen molar-refractivity contribution in [3.63, 3.8) is 0 Å². The molecule has 0 nitrogen and oxygen atoms in total. The van der Waals surface area contributed by atoms with E-state index in [2.05, 4.69) is 20.8 Å². The van der Waals surface area contributed by atoms with Crippen molar-refractivity contribution in [3.05, 3.63) is 0 Å². The monoisotopic (exact) mass is 401 g/mol. The third kappa shape index (κ3) is 14.1. The van der Waals surface area contributed by atoms with Crippen molar-refractivity contribution in [1.29, 1.82) is 0 Å². The quantitative estimate of drug-likeness (QED) is 0.185. The number of unbranched alkanes of at least 4 members (excludes halogenated alkanes) is 10. The van der Waals surface area contributed by atoms with Crippen molar-refractivity contribution in [2.45, 2.75) is 127 Å². The minimum atomic E-state index is 0.733. The molecule has 0 aliphatic heterocycles. The summed E-state index contributed by atoms with van der Waals surface area (Å²) in [5, 5.41) is 0. The third-order valence-electron chi connectivity index (χ3n) is 4.75. The van der Waals surface area contributed by atoms with Gasteiger partial charge in [-0.2, -0.15) is 0 Å². The van der Waals surface area contributed by atoms with Crippen LogP contribution in [0.4, 0.5) is 0 Å². The molecule has 0 saturated heterocycles. The predicted molar refractivity (Wildman–Crippen MR) is 99.3 cm³/mol. The maximum absolute atomic E-state index is 2.38. The average molecular weight is 400 g/mol. The fraction of sp³-hybridized carbons (Fsp3) is 1.00. The van der Waals surface area contributed by atoms with Gasteiger partial charge in [0, 0.05) is 0 Å². The Kier molecular flexibility index (Phi) is 16.3. The molecule has 0 aliphatic rings. The summed E-state index contributed by atoms with van der Waals surface area (Å²) in [6.07, 6.45) is 23.3. The Balaban J connectivity index is 3.73. The molecule has 3 radical (unpaired) electrons. The van der Waals surface area contributed by atoms with Gasteiger partial charge in [-0.3, -0.25) is 0 Å². The van der Waals surface area contributed by atoms with E-state index < -0.39 is 0 Å². The van der Waals surface area contributed by atoms with E-state index in [-0.39, 0.29) is 0 Å². The van der Waals surface area contributed by atoms with Crippen LogP contribution in [0, 0.1) is 0 Å². The van der Waals surface area contributed by atoms with Gasteiger partial charge in [-0.15, -0.1) is 0 Å². The van der Waals surface area contributed by atoms with E-state index in [0.29, 0.717) is 0 Å². The first-order valence-electron chi connectivity index (χ1n) is 9.93. The molecule has 0 aromatic heterocycles. The van der Waals surface area contributed by atoms with Crippen LogP contribution in [0.3, 0.4) is 0 Å². The second kappa shape index (κ2) is 15.7. The van der Waals surface area contributed by atoms with Crippen LogP contribution < -0.4 is 0 Å². The zero-order valence-electron chi connectivity index (χ0n) is 15.3. The van der Waals surface area contributed by atoms with Gasteiger partial charge in [0.1, 0.15) is 0 Å². The van der Waals surface area contributed by atoms with E-state index >= 15 is 0 Å². The van der Waals surface area contributed by atoms with Crippen LogP contribution in [0.5, 0.6) is 0 Å². The molecule has 0 rings (SSSR count). The van der Waals surface area contributed by atoms with Gasteiger partial charge in [0.05, 0.1) is 0 Å². The second-order valence-electron chi connectivity index (χ2n) is 7.07. The fourth-order valence-electron chi connectivity index (χ4n) is 3.34. The molecule has 0 N–H and O–H groups in total. The van der Waals surface area contributed by atoms with Gasteiger partial charge in [-0.05, 0) is 0 Å². The summed E-state index contributed by atoms with van der Waals surface area (Å²) in [6, 6.07) is 0. The van der Waals surface area contributed by atoms with Gasteiger partial charge in [0.2, 0.25) is 0 Å². The first-order valence-corrected chi connectivity index (χ1v) is 11.4. The molecular weight excluding hydrogens is 359 g/mol. The van der Waals surface area contributed by atoms with Crippen LogP contribution in [0.25, 0.3) is 0 Å². The molecule has 0 aromatic carbocycles. The molecule has 0 saturated carbocycles. The predicted octanol–water partition coefficient (Wildman–Crippen LogP) is 7.61. The Morgan fingerprint density at radius 1 is 0.476 bits per heavy atom. The zero-order valence-corrected chi connectivity index (χ0v) is 18.2. The average Bonchev–Trinajstić information content (AvgIpc) is 2.47. The van der Waals surface area contributed by atoms with E-state index in [9.17, 15) is 0 Å². The van der Waals surface area contributed by atoms with E-state index in [4.69, 9.17) is 0 Å². The number of hydrogen-bond donors (Lipinski definition) is 0. The van der Waals surface area contributed by atoms with Crippen molar-refractivity contribution in [3.8, 4) is 0 Å². The van der Waals surface area contributed by atoms with Gasteiger partial charge in [0.15, 0.2) is 0 Å². The van der Waals surface area contributed by atoms with Crippen molar-refractivity contribution in [2.75, 3.05) is 0 Å². The molecule has 0 bridgehead atoms. The number of rotatable bonds is 16. The summed E-state index contributed by atoms with van der Waals surface area (Å²) in [7, 11) is 0. The van der Waals surface area contributed by atoms with E-state index in [0.717, 1.165) is 3.43 Å². The molecule has 0 unspecified atom stereocenters. The normalized spacial score (nSPS) is 12.0. The summed E-state index contributed by atoms with van der Waals surface area (Å²) in [4.78, 5) is 0. The first-order chi connectivity index (χ1) is 10.2. The molecule has 0 spiro atoms. The Labute approximate surface area is 149 Å². The van der Waals surface area contributed by atoms with E-state index in [1.165, 1.54) is 103 Å². The van der Waals surface area contributed by atoms with Crippen LogP contribution >= 0.6 is 0 Å². The molecule has 0 amide bonds. The summed E-state index contributed by atoms with van der Waals surface area (Å²) in [5.74, 6) is 0. The second-order valence-corrected chi connectivity index (χ2v) is 10.1. The van der Waals surface area contributed by atoms with Gasteiger partial charge in [-0.25, -0.2) is 0 Å².